The Labute approximate surface area is 179 Å². The van der Waals surface area contributed by atoms with Crippen molar-refractivity contribution in [2.24, 2.45) is 4.99 Å². The van der Waals surface area contributed by atoms with E-state index in [0.717, 1.165) is 56.9 Å². The van der Waals surface area contributed by atoms with Crippen LogP contribution >= 0.6 is 24.0 Å². The molecule has 1 rings (SSSR count). The Morgan fingerprint density at radius 1 is 1.15 bits per heavy atom. The van der Waals surface area contributed by atoms with E-state index in [2.05, 4.69) is 15.6 Å². The van der Waals surface area contributed by atoms with Gasteiger partial charge in [-0.1, -0.05) is 12.8 Å². The van der Waals surface area contributed by atoms with Gasteiger partial charge in [-0.25, -0.2) is 0 Å². The first-order valence-electron chi connectivity index (χ1n) is 9.46. The molecule has 156 valence electrons. The molecule has 0 bridgehead atoms. The summed E-state index contributed by atoms with van der Waals surface area (Å²) in [5.74, 6) is 1.56. The van der Waals surface area contributed by atoms with Gasteiger partial charge in [-0.05, 0) is 38.3 Å². The van der Waals surface area contributed by atoms with Gasteiger partial charge in [0.1, 0.15) is 12.4 Å². The van der Waals surface area contributed by atoms with Crippen molar-refractivity contribution in [3.8, 4) is 0 Å². The summed E-state index contributed by atoms with van der Waals surface area (Å²) in [5.41, 5.74) is 0. The molecule has 0 amide bonds. The van der Waals surface area contributed by atoms with E-state index in [4.69, 9.17) is 13.9 Å². The topological polar surface area (TPSA) is 85.1 Å². The fraction of sp³-hybridized carbons (Fsp3) is 0.684. The third kappa shape index (κ3) is 14.4. The van der Waals surface area contributed by atoms with Crippen molar-refractivity contribution in [3.63, 3.8) is 0 Å². The van der Waals surface area contributed by atoms with Gasteiger partial charge in [0.15, 0.2) is 5.96 Å². The first kappa shape index (κ1) is 25.7. The van der Waals surface area contributed by atoms with E-state index in [-0.39, 0.29) is 29.9 Å². The monoisotopic (exact) mass is 495 g/mol. The van der Waals surface area contributed by atoms with Gasteiger partial charge in [-0.3, -0.25) is 9.79 Å². The molecule has 27 heavy (non-hydrogen) atoms. The summed E-state index contributed by atoms with van der Waals surface area (Å²) < 4.78 is 15.6. The molecular formula is C19H34IN3O4. The van der Waals surface area contributed by atoms with Crippen molar-refractivity contribution >= 4 is 35.9 Å². The maximum atomic E-state index is 11.2. The number of nitrogens with zero attached hydrogens (tertiary/aromatic N) is 1. The van der Waals surface area contributed by atoms with Crippen molar-refractivity contribution < 1.29 is 18.7 Å². The Morgan fingerprint density at radius 3 is 2.56 bits per heavy atom. The highest BCUT2D eigenvalue weighted by atomic mass is 127. The maximum absolute atomic E-state index is 11.2. The smallest absolute Gasteiger partial charge is 0.305 e. The molecule has 0 saturated carbocycles. The summed E-state index contributed by atoms with van der Waals surface area (Å²) in [6.07, 6.45) is 7.14. The van der Waals surface area contributed by atoms with E-state index < -0.39 is 0 Å². The Hall–Kier alpha value is -1.29. The lowest BCUT2D eigenvalue weighted by atomic mass is 10.1. The van der Waals surface area contributed by atoms with E-state index in [1.165, 1.54) is 0 Å². The third-order valence-corrected chi connectivity index (χ3v) is 3.71. The molecule has 1 aromatic heterocycles. The number of esters is 1. The Bertz CT molecular complexity index is 495. The van der Waals surface area contributed by atoms with E-state index >= 15 is 0 Å². The predicted octanol–water partition coefficient (Wildman–Crippen LogP) is 3.48. The summed E-state index contributed by atoms with van der Waals surface area (Å²) >= 11 is 0. The number of rotatable bonds is 14. The summed E-state index contributed by atoms with van der Waals surface area (Å²) in [5, 5.41) is 6.56. The number of unbranched alkanes of at least 4 members (excludes halogenated alkanes) is 3. The van der Waals surface area contributed by atoms with Crippen molar-refractivity contribution in [1.29, 1.82) is 0 Å². The normalized spacial score (nSPS) is 11.0. The van der Waals surface area contributed by atoms with Gasteiger partial charge >= 0.3 is 5.97 Å². The average Bonchev–Trinajstić information content (AvgIpc) is 3.15. The minimum Gasteiger partial charge on any atom is -0.467 e. The second-order valence-corrected chi connectivity index (χ2v) is 5.88. The zero-order valence-corrected chi connectivity index (χ0v) is 18.8. The molecule has 1 aromatic rings. The molecule has 0 spiro atoms. The molecule has 1 heterocycles. The molecule has 8 heteroatoms. The molecule has 0 aliphatic carbocycles. The number of nitrogens with one attached hydrogen (secondary N) is 2. The quantitative estimate of drug-likeness (QED) is 0.135. The number of furan rings is 1. The van der Waals surface area contributed by atoms with E-state index in [0.29, 0.717) is 26.2 Å². The number of hydrogen-bond acceptors (Lipinski definition) is 5. The number of carbonyl (C=O) groups excluding carboxylic acids is 1. The molecule has 0 atom stereocenters. The minimum absolute atomic E-state index is 0. The van der Waals surface area contributed by atoms with Crippen molar-refractivity contribution in [2.45, 2.75) is 52.1 Å². The Balaban J connectivity index is 0.00000676. The minimum atomic E-state index is -0.0941. The Morgan fingerprint density at radius 2 is 1.89 bits per heavy atom. The SMILES string of the molecule is CCOC(=O)CCCCCCNC(=NC)NCCCOCc1ccco1.I. The van der Waals surface area contributed by atoms with Gasteiger partial charge in [-0.2, -0.15) is 0 Å². The van der Waals surface area contributed by atoms with Crippen molar-refractivity contribution in [3.05, 3.63) is 24.2 Å². The fourth-order valence-corrected chi connectivity index (χ4v) is 2.36. The van der Waals surface area contributed by atoms with Crippen LogP contribution in [0.2, 0.25) is 0 Å². The van der Waals surface area contributed by atoms with Gasteiger partial charge in [0, 0.05) is 33.2 Å². The van der Waals surface area contributed by atoms with E-state index in [1.807, 2.05) is 19.1 Å². The zero-order chi connectivity index (χ0) is 18.9. The standard InChI is InChI=1S/C19H33N3O4.HI/c1-3-25-18(23)11-6-4-5-7-12-21-19(20-2)22-13-9-14-24-16-17-10-8-15-26-17;/h8,10,15H,3-7,9,11-14,16H2,1-2H3,(H2,20,21,22);1H. The van der Waals surface area contributed by atoms with Crippen LogP contribution in [-0.2, 0) is 20.9 Å². The van der Waals surface area contributed by atoms with Crippen LogP contribution in [0.25, 0.3) is 0 Å². The molecule has 7 nitrogen and oxygen atoms in total. The van der Waals surface area contributed by atoms with Crippen molar-refractivity contribution in [2.75, 3.05) is 33.4 Å². The first-order chi connectivity index (χ1) is 12.8. The van der Waals surface area contributed by atoms with Crippen LogP contribution in [0.4, 0.5) is 0 Å². The fourth-order valence-electron chi connectivity index (χ4n) is 2.36. The van der Waals surface area contributed by atoms with Crippen LogP contribution in [0.1, 0.15) is 51.2 Å². The summed E-state index contributed by atoms with van der Waals surface area (Å²) in [7, 11) is 1.77. The lowest BCUT2D eigenvalue weighted by Crippen LogP contribution is -2.38. The lowest BCUT2D eigenvalue weighted by molar-refractivity contribution is -0.143. The number of halogens is 1. The van der Waals surface area contributed by atoms with Crippen LogP contribution in [0.3, 0.4) is 0 Å². The van der Waals surface area contributed by atoms with Gasteiger partial charge in [0.25, 0.3) is 0 Å². The third-order valence-electron chi connectivity index (χ3n) is 3.71. The van der Waals surface area contributed by atoms with Gasteiger partial charge in [0.05, 0.1) is 12.9 Å². The average molecular weight is 495 g/mol. The maximum Gasteiger partial charge on any atom is 0.305 e. The summed E-state index contributed by atoms with van der Waals surface area (Å²) in [6, 6.07) is 3.76. The number of guanidine groups is 1. The number of carbonyl (C=O) groups is 1. The number of ether oxygens (including phenoxy) is 2. The highest BCUT2D eigenvalue weighted by molar-refractivity contribution is 14.0. The van der Waals surface area contributed by atoms with Crippen LogP contribution in [-0.4, -0.2) is 45.3 Å². The Kier molecular flexibility index (Phi) is 17.2. The van der Waals surface area contributed by atoms with Crippen LogP contribution in [0.15, 0.2) is 27.8 Å². The molecule has 0 aliphatic heterocycles. The van der Waals surface area contributed by atoms with E-state index in [9.17, 15) is 4.79 Å². The molecule has 0 saturated heterocycles. The molecule has 0 unspecified atom stereocenters. The van der Waals surface area contributed by atoms with Gasteiger partial charge < -0.3 is 24.5 Å². The second kappa shape index (κ2) is 18.1. The molecule has 2 N–H and O–H groups in total. The molecular weight excluding hydrogens is 461 g/mol. The van der Waals surface area contributed by atoms with Crippen LogP contribution in [0.5, 0.6) is 0 Å². The lowest BCUT2D eigenvalue weighted by Gasteiger charge is -2.11. The second-order valence-electron chi connectivity index (χ2n) is 5.88. The highest BCUT2D eigenvalue weighted by Gasteiger charge is 2.01. The molecule has 0 fully saturated rings. The molecule has 0 aliphatic rings. The molecule has 0 aromatic carbocycles. The predicted molar refractivity (Wildman–Crippen MR) is 117 cm³/mol. The van der Waals surface area contributed by atoms with Crippen molar-refractivity contribution in [1.82, 2.24) is 10.6 Å². The van der Waals surface area contributed by atoms with Gasteiger partial charge in [0.2, 0.25) is 0 Å². The van der Waals surface area contributed by atoms with Gasteiger partial charge in [-0.15, -0.1) is 24.0 Å². The first-order valence-corrected chi connectivity index (χ1v) is 9.46. The summed E-state index contributed by atoms with van der Waals surface area (Å²) in [4.78, 5) is 15.4. The van der Waals surface area contributed by atoms with E-state index in [1.54, 1.807) is 13.3 Å². The number of aliphatic imine (C=N–C) groups is 1. The number of hydrogen-bond donors (Lipinski definition) is 2. The molecule has 0 radical (unpaired) electrons. The summed E-state index contributed by atoms with van der Waals surface area (Å²) in [6.45, 7) is 5.15. The highest BCUT2D eigenvalue weighted by Crippen LogP contribution is 2.04. The zero-order valence-electron chi connectivity index (χ0n) is 16.5. The largest absolute Gasteiger partial charge is 0.467 e. The van der Waals surface area contributed by atoms with Crippen LogP contribution in [0, 0.1) is 0 Å². The van der Waals surface area contributed by atoms with Crippen LogP contribution < -0.4 is 10.6 Å².